The van der Waals surface area contributed by atoms with Gasteiger partial charge in [0, 0.05) is 23.3 Å². The number of aryl methyl sites for hydroxylation is 1. The van der Waals surface area contributed by atoms with Gasteiger partial charge in [0.15, 0.2) is 0 Å². The summed E-state index contributed by atoms with van der Waals surface area (Å²) in [6, 6.07) is 9.92. The number of hydrogen-bond acceptors (Lipinski definition) is 5. The van der Waals surface area contributed by atoms with E-state index in [4.69, 9.17) is 0 Å². The smallest absolute Gasteiger partial charge is 0.250 e. The van der Waals surface area contributed by atoms with Crippen LogP contribution in [0.4, 0.5) is 5.13 Å². The maximum atomic E-state index is 12.2. The predicted molar refractivity (Wildman–Crippen MR) is 105 cm³/mol. The number of aromatic nitrogens is 4. The highest BCUT2D eigenvalue weighted by molar-refractivity contribution is 7.15. The summed E-state index contributed by atoms with van der Waals surface area (Å²) in [6.07, 6.45) is 3.29. The Morgan fingerprint density at radius 1 is 1.19 bits per heavy atom. The summed E-state index contributed by atoms with van der Waals surface area (Å²) in [6.45, 7) is 8.01. The van der Waals surface area contributed by atoms with Crippen molar-refractivity contribution in [2.24, 2.45) is 0 Å². The number of carbonyl (C=O) groups is 1. The molecule has 0 aliphatic heterocycles. The lowest BCUT2D eigenvalue weighted by Crippen LogP contribution is -2.07. The molecule has 0 spiro atoms. The zero-order valence-corrected chi connectivity index (χ0v) is 16.0. The molecule has 6 nitrogen and oxygen atoms in total. The molecule has 26 heavy (non-hydrogen) atoms. The monoisotopic (exact) mass is 367 g/mol. The molecule has 0 saturated carbocycles. The predicted octanol–water partition coefficient (Wildman–Crippen LogP) is 4.12. The standard InChI is InChI=1S/C19H21N5OS/c1-12(2)18-21-22-19(26-18)20-17(25)11-10-16-13(3)23-24(14(16)4)15-8-6-5-7-9-15/h5-12H,1-4H3,(H,20,22,25)/b11-10+. The highest BCUT2D eigenvalue weighted by atomic mass is 32.1. The number of para-hydroxylation sites is 1. The van der Waals surface area contributed by atoms with E-state index in [9.17, 15) is 4.79 Å². The van der Waals surface area contributed by atoms with Gasteiger partial charge in [-0.1, -0.05) is 43.4 Å². The first-order valence-corrected chi connectivity index (χ1v) is 9.21. The minimum absolute atomic E-state index is 0.234. The molecule has 0 unspecified atom stereocenters. The van der Waals surface area contributed by atoms with E-state index in [2.05, 4.69) is 20.6 Å². The molecule has 0 aliphatic rings. The van der Waals surface area contributed by atoms with Gasteiger partial charge in [-0.05, 0) is 32.1 Å². The molecule has 1 amide bonds. The molecule has 1 aromatic carbocycles. The SMILES string of the molecule is Cc1nn(-c2ccccc2)c(C)c1/C=C/C(=O)Nc1nnc(C(C)C)s1. The fraction of sp³-hybridized carbons (Fsp3) is 0.263. The van der Waals surface area contributed by atoms with Crippen molar-refractivity contribution in [3.8, 4) is 5.69 Å². The van der Waals surface area contributed by atoms with E-state index in [1.165, 1.54) is 17.4 Å². The van der Waals surface area contributed by atoms with Crippen molar-refractivity contribution in [2.75, 3.05) is 5.32 Å². The zero-order chi connectivity index (χ0) is 18.7. The number of carbonyl (C=O) groups excluding carboxylic acids is 1. The Kier molecular flexibility index (Phi) is 5.27. The third kappa shape index (κ3) is 3.88. The summed E-state index contributed by atoms with van der Waals surface area (Å²) >= 11 is 1.39. The molecule has 0 saturated heterocycles. The normalized spacial score (nSPS) is 11.4. The van der Waals surface area contributed by atoms with E-state index >= 15 is 0 Å². The van der Waals surface area contributed by atoms with E-state index in [0.717, 1.165) is 27.6 Å². The van der Waals surface area contributed by atoms with Crippen molar-refractivity contribution in [3.63, 3.8) is 0 Å². The van der Waals surface area contributed by atoms with Crippen LogP contribution in [0.1, 0.15) is 41.7 Å². The molecular formula is C19H21N5OS. The number of hydrogen-bond donors (Lipinski definition) is 1. The lowest BCUT2D eigenvalue weighted by molar-refractivity contribution is -0.111. The van der Waals surface area contributed by atoms with Crippen LogP contribution in [-0.2, 0) is 4.79 Å². The topological polar surface area (TPSA) is 72.7 Å². The van der Waals surface area contributed by atoms with E-state index < -0.39 is 0 Å². The second kappa shape index (κ2) is 7.61. The third-order valence-corrected chi connectivity index (χ3v) is 5.05. The number of benzene rings is 1. The van der Waals surface area contributed by atoms with E-state index in [-0.39, 0.29) is 5.91 Å². The van der Waals surface area contributed by atoms with Crippen LogP contribution < -0.4 is 5.32 Å². The molecular weight excluding hydrogens is 346 g/mol. The zero-order valence-electron chi connectivity index (χ0n) is 15.2. The molecule has 2 heterocycles. The molecule has 0 bridgehead atoms. The summed E-state index contributed by atoms with van der Waals surface area (Å²) in [4.78, 5) is 12.2. The minimum atomic E-state index is -0.234. The molecule has 3 aromatic rings. The lowest BCUT2D eigenvalue weighted by Gasteiger charge is -2.03. The summed E-state index contributed by atoms with van der Waals surface area (Å²) in [7, 11) is 0. The Hall–Kier alpha value is -2.80. The number of rotatable bonds is 5. The van der Waals surface area contributed by atoms with Gasteiger partial charge < -0.3 is 0 Å². The highest BCUT2D eigenvalue weighted by Gasteiger charge is 2.12. The minimum Gasteiger partial charge on any atom is -0.297 e. The highest BCUT2D eigenvalue weighted by Crippen LogP contribution is 2.23. The Labute approximate surface area is 156 Å². The molecule has 2 aromatic heterocycles. The van der Waals surface area contributed by atoms with Crippen molar-refractivity contribution >= 4 is 28.5 Å². The molecule has 0 fully saturated rings. The molecule has 134 valence electrons. The average molecular weight is 367 g/mol. The summed E-state index contributed by atoms with van der Waals surface area (Å²) in [5.41, 5.74) is 3.78. The second-order valence-corrected chi connectivity index (χ2v) is 7.26. The molecule has 0 aliphatic carbocycles. The van der Waals surface area contributed by atoms with Gasteiger partial charge in [0.25, 0.3) is 0 Å². The number of nitrogens with one attached hydrogen (secondary N) is 1. The van der Waals surface area contributed by atoms with E-state index in [0.29, 0.717) is 11.0 Å². The Balaban J connectivity index is 1.75. The molecule has 7 heteroatoms. The van der Waals surface area contributed by atoms with E-state index in [1.54, 1.807) is 6.08 Å². The first-order chi connectivity index (χ1) is 12.5. The molecule has 0 radical (unpaired) electrons. The average Bonchev–Trinajstić information content (AvgIpc) is 3.19. The van der Waals surface area contributed by atoms with Crippen LogP contribution >= 0.6 is 11.3 Å². The Morgan fingerprint density at radius 3 is 2.58 bits per heavy atom. The summed E-state index contributed by atoms with van der Waals surface area (Å²) < 4.78 is 1.88. The van der Waals surface area contributed by atoms with Crippen LogP contribution in [-0.4, -0.2) is 25.9 Å². The van der Waals surface area contributed by atoms with E-state index in [1.807, 2.05) is 62.7 Å². The first kappa shape index (κ1) is 18.0. The lowest BCUT2D eigenvalue weighted by atomic mass is 10.2. The van der Waals surface area contributed by atoms with Crippen molar-refractivity contribution in [2.45, 2.75) is 33.6 Å². The molecule has 1 N–H and O–H groups in total. The van der Waals surface area contributed by atoms with Gasteiger partial charge in [0.2, 0.25) is 11.0 Å². The van der Waals surface area contributed by atoms with Crippen molar-refractivity contribution in [3.05, 3.63) is 58.4 Å². The Bertz CT molecular complexity index is 940. The largest absolute Gasteiger partial charge is 0.297 e. The maximum Gasteiger partial charge on any atom is 0.250 e. The third-order valence-electron chi connectivity index (χ3n) is 3.91. The van der Waals surface area contributed by atoms with Gasteiger partial charge in [0.1, 0.15) is 5.01 Å². The van der Waals surface area contributed by atoms with Crippen LogP contribution in [0, 0.1) is 13.8 Å². The van der Waals surface area contributed by atoms with Crippen LogP contribution in [0.5, 0.6) is 0 Å². The van der Waals surface area contributed by atoms with Crippen molar-refractivity contribution < 1.29 is 4.79 Å². The number of amides is 1. The van der Waals surface area contributed by atoms with Crippen LogP contribution in [0.3, 0.4) is 0 Å². The van der Waals surface area contributed by atoms with Crippen LogP contribution in [0.15, 0.2) is 36.4 Å². The number of nitrogens with zero attached hydrogens (tertiary/aromatic N) is 4. The van der Waals surface area contributed by atoms with Crippen LogP contribution in [0.2, 0.25) is 0 Å². The van der Waals surface area contributed by atoms with Gasteiger partial charge in [-0.15, -0.1) is 10.2 Å². The summed E-state index contributed by atoms with van der Waals surface area (Å²) in [5, 5.41) is 16.8. The molecule has 0 atom stereocenters. The van der Waals surface area contributed by atoms with Gasteiger partial charge in [-0.3, -0.25) is 10.1 Å². The van der Waals surface area contributed by atoms with Crippen molar-refractivity contribution in [1.29, 1.82) is 0 Å². The van der Waals surface area contributed by atoms with Gasteiger partial charge in [0.05, 0.1) is 11.4 Å². The quantitative estimate of drug-likeness (QED) is 0.689. The second-order valence-electron chi connectivity index (χ2n) is 6.25. The number of anilines is 1. The van der Waals surface area contributed by atoms with Gasteiger partial charge in [-0.25, -0.2) is 4.68 Å². The van der Waals surface area contributed by atoms with Crippen molar-refractivity contribution in [1.82, 2.24) is 20.0 Å². The first-order valence-electron chi connectivity index (χ1n) is 8.40. The fourth-order valence-electron chi connectivity index (χ4n) is 2.54. The van der Waals surface area contributed by atoms with Crippen LogP contribution in [0.25, 0.3) is 11.8 Å². The molecule has 3 rings (SSSR count). The summed E-state index contributed by atoms with van der Waals surface area (Å²) in [5.74, 6) is 0.0607. The maximum absolute atomic E-state index is 12.2. The van der Waals surface area contributed by atoms with Gasteiger partial charge in [-0.2, -0.15) is 5.10 Å². The fourth-order valence-corrected chi connectivity index (χ4v) is 3.29. The Morgan fingerprint density at radius 2 is 1.92 bits per heavy atom. The van der Waals surface area contributed by atoms with Gasteiger partial charge >= 0.3 is 0 Å².